The number of anilines is 1. The molecule has 0 bridgehead atoms. The molecule has 2 rings (SSSR count). The summed E-state index contributed by atoms with van der Waals surface area (Å²) in [4.78, 5) is 10.9. The van der Waals surface area contributed by atoms with E-state index in [-0.39, 0.29) is 26.6 Å². The summed E-state index contributed by atoms with van der Waals surface area (Å²) < 4.78 is 29.6. The Morgan fingerprint density at radius 3 is 2.09 bits per heavy atom. The summed E-state index contributed by atoms with van der Waals surface area (Å²) in [5.74, 6) is -0.375. The molecule has 1 N–H and O–H groups in total. The van der Waals surface area contributed by atoms with Crippen LogP contribution < -0.4 is 9.50 Å². The maximum absolute atomic E-state index is 12.3. The van der Waals surface area contributed by atoms with Gasteiger partial charge in [-0.25, -0.2) is 0 Å². The van der Waals surface area contributed by atoms with Crippen molar-refractivity contribution in [1.29, 1.82) is 0 Å². The minimum Gasteiger partial charge on any atom is -0.376 e. The standard InChI is InChI=1S/C15H13Cl2NO4S/c1-9-7-13(16)15(14(17)8-9)22-23(20,21)12-5-3-11(4-6-12)18-10(2)19/h3-8H,1-2H3,(H,18,19). The van der Waals surface area contributed by atoms with E-state index in [9.17, 15) is 13.2 Å². The van der Waals surface area contributed by atoms with Crippen LogP contribution in [-0.2, 0) is 14.9 Å². The predicted octanol–water partition coefficient (Wildman–Crippen LogP) is 4.03. The van der Waals surface area contributed by atoms with Crippen LogP contribution in [0.15, 0.2) is 41.3 Å². The second-order valence-corrected chi connectivity index (χ2v) is 7.16. The average molecular weight is 374 g/mol. The molecule has 0 unspecified atom stereocenters. The molecule has 0 aliphatic heterocycles. The van der Waals surface area contributed by atoms with Gasteiger partial charge in [-0.2, -0.15) is 8.42 Å². The van der Waals surface area contributed by atoms with Gasteiger partial charge in [0.1, 0.15) is 4.90 Å². The lowest BCUT2D eigenvalue weighted by atomic mass is 10.2. The van der Waals surface area contributed by atoms with Gasteiger partial charge in [0.2, 0.25) is 5.91 Å². The molecule has 0 heterocycles. The Kier molecular flexibility index (Phi) is 5.19. The van der Waals surface area contributed by atoms with E-state index in [1.54, 1.807) is 19.1 Å². The largest absolute Gasteiger partial charge is 0.376 e. The van der Waals surface area contributed by atoms with Crippen molar-refractivity contribution in [2.75, 3.05) is 5.32 Å². The molecule has 0 fully saturated rings. The lowest BCUT2D eigenvalue weighted by Gasteiger charge is -2.11. The molecule has 2 aromatic rings. The van der Waals surface area contributed by atoms with Gasteiger partial charge >= 0.3 is 10.1 Å². The molecule has 0 aromatic heterocycles. The molecule has 0 spiro atoms. The molecule has 0 aliphatic rings. The third-order valence-corrected chi connectivity index (χ3v) is 4.60. The Bertz CT molecular complexity index is 825. The van der Waals surface area contributed by atoms with Crippen molar-refractivity contribution in [1.82, 2.24) is 0 Å². The monoisotopic (exact) mass is 373 g/mol. The molecule has 8 heteroatoms. The maximum Gasteiger partial charge on any atom is 0.339 e. The van der Waals surface area contributed by atoms with Gasteiger partial charge in [-0.05, 0) is 48.9 Å². The SMILES string of the molecule is CC(=O)Nc1ccc(S(=O)(=O)Oc2c(Cl)cc(C)cc2Cl)cc1. The normalized spacial score (nSPS) is 11.1. The van der Waals surface area contributed by atoms with Crippen LogP contribution >= 0.6 is 23.2 Å². The van der Waals surface area contributed by atoms with Crippen molar-refractivity contribution in [2.45, 2.75) is 18.7 Å². The summed E-state index contributed by atoms with van der Waals surface area (Å²) in [5.41, 5.74) is 1.26. The fraction of sp³-hybridized carbons (Fsp3) is 0.133. The summed E-state index contributed by atoms with van der Waals surface area (Å²) in [6, 6.07) is 8.65. The number of carbonyl (C=O) groups is 1. The van der Waals surface area contributed by atoms with E-state index in [1.165, 1.54) is 31.2 Å². The van der Waals surface area contributed by atoms with E-state index >= 15 is 0 Å². The third-order valence-electron chi connectivity index (χ3n) is 2.80. The van der Waals surface area contributed by atoms with Crippen molar-refractivity contribution < 1.29 is 17.4 Å². The Hall–Kier alpha value is -1.76. The molecular formula is C15H13Cl2NO4S. The Labute approximate surface area is 144 Å². The summed E-state index contributed by atoms with van der Waals surface area (Å²) in [6.45, 7) is 3.13. The molecule has 122 valence electrons. The highest BCUT2D eigenvalue weighted by atomic mass is 35.5. The number of aryl methyl sites for hydroxylation is 1. The molecule has 0 radical (unpaired) electrons. The van der Waals surface area contributed by atoms with Crippen LogP contribution in [0.25, 0.3) is 0 Å². The van der Waals surface area contributed by atoms with Crippen LogP contribution in [-0.4, -0.2) is 14.3 Å². The van der Waals surface area contributed by atoms with E-state index in [0.717, 1.165) is 5.56 Å². The van der Waals surface area contributed by atoms with E-state index in [4.69, 9.17) is 27.4 Å². The minimum absolute atomic E-state index is 0.0840. The number of amides is 1. The quantitative estimate of drug-likeness (QED) is 0.821. The van der Waals surface area contributed by atoms with Gasteiger partial charge in [0, 0.05) is 12.6 Å². The van der Waals surface area contributed by atoms with Crippen molar-refractivity contribution >= 4 is 44.9 Å². The first-order valence-electron chi connectivity index (χ1n) is 6.47. The van der Waals surface area contributed by atoms with E-state index < -0.39 is 10.1 Å². The molecule has 2 aromatic carbocycles. The van der Waals surface area contributed by atoms with Gasteiger partial charge in [-0.1, -0.05) is 23.2 Å². The van der Waals surface area contributed by atoms with E-state index in [1.807, 2.05) is 0 Å². The first-order valence-corrected chi connectivity index (χ1v) is 8.63. The Morgan fingerprint density at radius 2 is 1.61 bits per heavy atom. The fourth-order valence-electron chi connectivity index (χ4n) is 1.83. The zero-order chi connectivity index (χ0) is 17.2. The Balaban J connectivity index is 2.31. The second-order valence-electron chi connectivity index (χ2n) is 4.80. The maximum atomic E-state index is 12.3. The Morgan fingerprint density at radius 1 is 1.09 bits per heavy atom. The summed E-state index contributed by atoms with van der Waals surface area (Å²) in [7, 11) is -4.10. The van der Waals surface area contributed by atoms with Gasteiger partial charge in [-0.15, -0.1) is 0 Å². The van der Waals surface area contributed by atoms with Gasteiger partial charge in [-0.3, -0.25) is 4.79 Å². The highest BCUT2D eigenvalue weighted by Gasteiger charge is 2.20. The summed E-state index contributed by atoms with van der Waals surface area (Å²) in [6.07, 6.45) is 0. The summed E-state index contributed by atoms with van der Waals surface area (Å²) >= 11 is 12.0. The number of benzene rings is 2. The smallest absolute Gasteiger partial charge is 0.339 e. The van der Waals surface area contributed by atoms with Crippen molar-refractivity contribution in [3.8, 4) is 5.75 Å². The predicted molar refractivity (Wildman–Crippen MR) is 89.8 cm³/mol. The highest BCUT2D eigenvalue weighted by molar-refractivity contribution is 7.87. The van der Waals surface area contributed by atoms with Crippen LogP contribution in [0.5, 0.6) is 5.75 Å². The molecule has 1 amide bonds. The van der Waals surface area contributed by atoms with E-state index in [0.29, 0.717) is 5.69 Å². The topological polar surface area (TPSA) is 72.5 Å². The molecule has 5 nitrogen and oxygen atoms in total. The molecule has 0 saturated carbocycles. The minimum atomic E-state index is -4.10. The highest BCUT2D eigenvalue weighted by Crippen LogP contribution is 2.36. The lowest BCUT2D eigenvalue weighted by molar-refractivity contribution is -0.114. The number of rotatable bonds is 4. The number of nitrogens with one attached hydrogen (secondary N) is 1. The number of halogens is 2. The van der Waals surface area contributed by atoms with Crippen LogP contribution in [0.1, 0.15) is 12.5 Å². The first kappa shape index (κ1) is 17.6. The van der Waals surface area contributed by atoms with Crippen LogP contribution in [0, 0.1) is 6.92 Å². The lowest BCUT2D eigenvalue weighted by Crippen LogP contribution is -2.11. The van der Waals surface area contributed by atoms with Crippen molar-refractivity contribution in [3.05, 3.63) is 52.0 Å². The average Bonchev–Trinajstić information content (AvgIpc) is 2.43. The van der Waals surface area contributed by atoms with Gasteiger partial charge in [0.25, 0.3) is 0 Å². The number of hydrogen-bond donors (Lipinski definition) is 1. The van der Waals surface area contributed by atoms with Crippen LogP contribution in [0.4, 0.5) is 5.69 Å². The van der Waals surface area contributed by atoms with Crippen LogP contribution in [0.2, 0.25) is 10.0 Å². The zero-order valence-electron chi connectivity index (χ0n) is 12.3. The van der Waals surface area contributed by atoms with E-state index in [2.05, 4.69) is 5.32 Å². The van der Waals surface area contributed by atoms with Crippen molar-refractivity contribution in [2.24, 2.45) is 0 Å². The van der Waals surface area contributed by atoms with Gasteiger partial charge in [0.15, 0.2) is 5.75 Å². The van der Waals surface area contributed by atoms with Crippen LogP contribution in [0.3, 0.4) is 0 Å². The molecule has 0 atom stereocenters. The van der Waals surface area contributed by atoms with Gasteiger partial charge < -0.3 is 9.50 Å². The van der Waals surface area contributed by atoms with Crippen molar-refractivity contribution in [3.63, 3.8) is 0 Å². The third kappa shape index (κ3) is 4.37. The molecule has 0 saturated heterocycles. The molecular weight excluding hydrogens is 361 g/mol. The zero-order valence-corrected chi connectivity index (χ0v) is 14.6. The fourth-order valence-corrected chi connectivity index (χ4v) is 3.56. The number of hydrogen-bond acceptors (Lipinski definition) is 4. The van der Waals surface area contributed by atoms with Gasteiger partial charge in [0.05, 0.1) is 10.0 Å². The molecule has 23 heavy (non-hydrogen) atoms. The first-order chi connectivity index (χ1) is 10.7. The number of carbonyl (C=O) groups excluding carboxylic acids is 1. The molecule has 0 aliphatic carbocycles. The second kappa shape index (κ2) is 6.78. The summed E-state index contributed by atoms with van der Waals surface area (Å²) in [5, 5.41) is 2.75.